The molecule has 180 valence electrons. The quantitative estimate of drug-likeness (QED) is 0.316. The fourth-order valence-electron chi connectivity index (χ4n) is 4.07. The average Bonchev–Trinajstić information content (AvgIpc) is 2.91. The number of hydrogen-bond acceptors (Lipinski definition) is 8. The van der Waals surface area contributed by atoms with Gasteiger partial charge in [-0.2, -0.15) is 5.26 Å². The van der Waals surface area contributed by atoms with Crippen molar-refractivity contribution in [1.29, 1.82) is 5.26 Å². The standard InChI is InChI=1S/C28H22N2O6/c1-2-13-32-18-9-7-17(8-10-18)26-20-12-11-19(14-24(20)36-27(30)21(26)15-29)34-28(31)25-16-33-22-5-3-4-6-23(22)35-25/h2-12,14,25-26H,1,13,16,30H2. The number of nitrogens with two attached hydrogens (primary N) is 1. The van der Waals surface area contributed by atoms with E-state index in [2.05, 4.69) is 12.6 Å². The largest absolute Gasteiger partial charge is 0.490 e. The number of nitriles is 1. The van der Waals surface area contributed by atoms with Gasteiger partial charge in [-0.1, -0.05) is 43.0 Å². The number of allylic oxidation sites excluding steroid dienone is 1. The van der Waals surface area contributed by atoms with E-state index in [-0.39, 0.29) is 18.2 Å². The van der Waals surface area contributed by atoms with Crippen LogP contribution >= 0.6 is 0 Å². The minimum Gasteiger partial charge on any atom is -0.490 e. The molecule has 3 aromatic carbocycles. The van der Waals surface area contributed by atoms with Crippen LogP contribution in [0.25, 0.3) is 0 Å². The Hall–Kier alpha value is -4.90. The van der Waals surface area contributed by atoms with Gasteiger partial charge in [0.05, 0.1) is 5.92 Å². The van der Waals surface area contributed by atoms with E-state index in [0.717, 1.165) is 5.56 Å². The Kier molecular flexibility index (Phi) is 6.20. The second-order valence-corrected chi connectivity index (χ2v) is 8.08. The van der Waals surface area contributed by atoms with Gasteiger partial charge >= 0.3 is 5.97 Å². The number of ether oxygens (including phenoxy) is 5. The van der Waals surface area contributed by atoms with E-state index in [0.29, 0.717) is 40.7 Å². The van der Waals surface area contributed by atoms with Gasteiger partial charge in [-0.25, -0.2) is 4.79 Å². The van der Waals surface area contributed by atoms with E-state index in [1.807, 2.05) is 30.3 Å². The van der Waals surface area contributed by atoms with Gasteiger partial charge in [-0.15, -0.1) is 0 Å². The molecule has 2 unspecified atom stereocenters. The van der Waals surface area contributed by atoms with E-state index in [1.165, 1.54) is 0 Å². The van der Waals surface area contributed by atoms with Crippen LogP contribution in [0, 0.1) is 11.3 Å². The van der Waals surface area contributed by atoms with E-state index >= 15 is 0 Å². The van der Waals surface area contributed by atoms with Crippen LogP contribution in [0.15, 0.2) is 90.8 Å². The maximum atomic E-state index is 12.7. The summed E-state index contributed by atoms with van der Waals surface area (Å²) in [6.45, 7) is 4.07. The zero-order chi connectivity index (χ0) is 25.1. The molecule has 0 amide bonds. The minimum absolute atomic E-state index is 0.00826. The van der Waals surface area contributed by atoms with Gasteiger partial charge in [0.25, 0.3) is 0 Å². The van der Waals surface area contributed by atoms with Crippen LogP contribution in [0.2, 0.25) is 0 Å². The highest BCUT2D eigenvalue weighted by Crippen LogP contribution is 2.43. The van der Waals surface area contributed by atoms with Crippen molar-refractivity contribution in [3.8, 4) is 34.8 Å². The number of nitrogens with zero attached hydrogens (tertiary/aromatic N) is 1. The number of rotatable bonds is 6. The third kappa shape index (κ3) is 4.42. The summed E-state index contributed by atoms with van der Waals surface area (Å²) in [4.78, 5) is 12.7. The summed E-state index contributed by atoms with van der Waals surface area (Å²) >= 11 is 0. The molecule has 0 aliphatic carbocycles. The topological polar surface area (TPSA) is 113 Å². The first-order valence-electron chi connectivity index (χ1n) is 11.2. The van der Waals surface area contributed by atoms with Crippen molar-refractivity contribution in [2.24, 2.45) is 5.73 Å². The molecule has 8 nitrogen and oxygen atoms in total. The second-order valence-electron chi connectivity index (χ2n) is 8.08. The van der Waals surface area contributed by atoms with Crippen LogP contribution in [-0.2, 0) is 4.79 Å². The molecular weight excluding hydrogens is 460 g/mol. The van der Waals surface area contributed by atoms with E-state index < -0.39 is 18.0 Å². The Morgan fingerprint density at radius 1 is 1.08 bits per heavy atom. The van der Waals surface area contributed by atoms with Crippen molar-refractivity contribution in [3.63, 3.8) is 0 Å². The number of carbonyl (C=O) groups is 1. The van der Waals surface area contributed by atoms with Crippen LogP contribution in [0.4, 0.5) is 0 Å². The molecule has 0 saturated carbocycles. The van der Waals surface area contributed by atoms with E-state index in [1.54, 1.807) is 42.5 Å². The first kappa shape index (κ1) is 22.9. The van der Waals surface area contributed by atoms with Crippen molar-refractivity contribution in [3.05, 3.63) is 102 Å². The van der Waals surface area contributed by atoms with Crippen molar-refractivity contribution in [2.75, 3.05) is 13.2 Å². The van der Waals surface area contributed by atoms with Crippen molar-refractivity contribution >= 4 is 5.97 Å². The second kappa shape index (κ2) is 9.76. The lowest BCUT2D eigenvalue weighted by Crippen LogP contribution is -2.39. The van der Waals surface area contributed by atoms with Crippen molar-refractivity contribution < 1.29 is 28.5 Å². The Morgan fingerprint density at radius 2 is 1.83 bits per heavy atom. The van der Waals surface area contributed by atoms with Crippen LogP contribution < -0.4 is 29.4 Å². The summed E-state index contributed by atoms with van der Waals surface area (Å²) in [6.07, 6.45) is 0.748. The molecule has 0 fully saturated rings. The Morgan fingerprint density at radius 3 is 2.58 bits per heavy atom. The molecule has 0 radical (unpaired) electrons. The average molecular weight is 482 g/mol. The number of carbonyl (C=O) groups excluding carboxylic acids is 1. The predicted molar refractivity (Wildman–Crippen MR) is 130 cm³/mol. The number of benzene rings is 3. The first-order chi connectivity index (χ1) is 17.6. The van der Waals surface area contributed by atoms with Gasteiger partial charge in [0.15, 0.2) is 11.5 Å². The zero-order valence-electron chi connectivity index (χ0n) is 19.2. The molecule has 2 aliphatic heterocycles. The maximum absolute atomic E-state index is 12.7. The lowest BCUT2D eigenvalue weighted by Gasteiger charge is -2.27. The molecule has 0 bridgehead atoms. The van der Waals surface area contributed by atoms with Crippen LogP contribution in [0.3, 0.4) is 0 Å². The van der Waals surface area contributed by atoms with Crippen LogP contribution in [0.5, 0.6) is 28.7 Å². The number of esters is 1. The Balaban J connectivity index is 1.38. The van der Waals surface area contributed by atoms with Crippen molar-refractivity contribution in [2.45, 2.75) is 12.0 Å². The molecule has 5 rings (SSSR count). The van der Waals surface area contributed by atoms with Crippen molar-refractivity contribution in [1.82, 2.24) is 0 Å². The highest BCUT2D eigenvalue weighted by atomic mass is 16.6. The zero-order valence-corrected chi connectivity index (χ0v) is 19.2. The molecule has 8 heteroatoms. The Bertz CT molecular complexity index is 1390. The fourth-order valence-corrected chi connectivity index (χ4v) is 4.07. The monoisotopic (exact) mass is 482 g/mol. The molecule has 2 heterocycles. The summed E-state index contributed by atoms with van der Waals surface area (Å²) in [5, 5.41) is 9.78. The fraction of sp³-hybridized carbons (Fsp3) is 0.143. The smallest absolute Gasteiger partial charge is 0.356 e. The van der Waals surface area contributed by atoms with E-state index in [9.17, 15) is 10.1 Å². The lowest BCUT2D eigenvalue weighted by atomic mass is 9.83. The van der Waals surface area contributed by atoms with Crippen LogP contribution in [-0.4, -0.2) is 25.3 Å². The van der Waals surface area contributed by atoms with Gasteiger partial charge in [0.2, 0.25) is 12.0 Å². The first-order valence-corrected chi connectivity index (χ1v) is 11.2. The van der Waals surface area contributed by atoms with E-state index in [4.69, 9.17) is 29.4 Å². The highest BCUT2D eigenvalue weighted by molar-refractivity contribution is 5.78. The molecule has 36 heavy (non-hydrogen) atoms. The molecular formula is C28H22N2O6. The molecule has 3 aromatic rings. The number of fused-ring (bicyclic) bond motifs is 2. The SMILES string of the molecule is C=CCOc1ccc(C2C(C#N)=C(N)Oc3cc(OC(=O)C4COc5ccccc5O4)ccc32)cc1. The maximum Gasteiger partial charge on any atom is 0.356 e. The molecule has 0 saturated heterocycles. The normalized spacial score (nSPS) is 17.8. The third-order valence-corrected chi connectivity index (χ3v) is 5.76. The molecule has 2 N–H and O–H groups in total. The molecule has 2 atom stereocenters. The number of para-hydroxylation sites is 2. The van der Waals surface area contributed by atoms with Gasteiger partial charge in [0.1, 0.15) is 42.1 Å². The lowest BCUT2D eigenvalue weighted by molar-refractivity contribution is -0.144. The summed E-state index contributed by atoms with van der Waals surface area (Å²) in [6, 6.07) is 21.6. The van der Waals surface area contributed by atoms with Gasteiger partial charge in [-0.05, 0) is 35.9 Å². The summed E-state index contributed by atoms with van der Waals surface area (Å²) in [7, 11) is 0. The number of hydrogen-bond donors (Lipinski definition) is 1. The minimum atomic E-state index is -0.915. The van der Waals surface area contributed by atoms with Gasteiger partial charge in [0, 0.05) is 11.6 Å². The third-order valence-electron chi connectivity index (χ3n) is 5.76. The summed E-state index contributed by atoms with van der Waals surface area (Å²) < 4.78 is 28.2. The summed E-state index contributed by atoms with van der Waals surface area (Å²) in [5.41, 5.74) is 7.93. The molecule has 2 aliphatic rings. The highest BCUT2D eigenvalue weighted by Gasteiger charge is 2.32. The Labute approximate surface area is 207 Å². The van der Waals surface area contributed by atoms with Gasteiger partial charge in [-0.3, -0.25) is 0 Å². The van der Waals surface area contributed by atoms with Crippen LogP contribution in [0.1, 0.15) is 17.0 Å². The molecule has 0 aromatic heterocycles. The predicted octanol–water partition coefficient (Wildman–Crippen LogP) is 4.21. The summed E-state index contributed by atoms with van der Waals surface area (Å²) in [5.74, 6) is 1.31. The van der Waals surface area contributed by atoms with Gasteiger partial charge < -0.3 is 29.4 Å². The molecule has 0 spiro atoms.